The van der Waals surface area contributed by atoms with E-state index in [0.717, 1.165) is 5.56 Å². The molecule has 36 heavy (non-hydrogen) atoms. The molecule has 1 saturated heterocycles. The topological polar surface area (TPSA) is 94.3 Å². The first-order valence-corrected chi connectivity index (χ1v) is 12.1. The van der Waals surface area contributed by atoms with Crippen LogP contribution < -0.4 is 9.47 Å². The summed E-state index contributed by atoms with van der Waals surface area (Å²) < 4.78 is 11.3. The SMILES string of the molecule is COc1cc(/C=C2/SC(=Nc3ccccc3)N(C(C)C)C2=O)c([N+](=O)[O-])cc1OCc1ccccc1. The zero-order valence-electron chi connectivity index (χ0n) is 20.1. The van der Waals surface area contributed by atoms with Crippen LogP contribution in [0.25, 0.3) is 6.08 Å². The lowest BCUT2D eigenvalue weighted by atomic mass is 10.1. The summed E-state index contributed by atoms with van der Waals surface area (Å²) >= 11 is 1.18. The number of nitrogens with zero attached hydrogens (tertiary/aromatic N) is 3. The number of carbonyl (C=O) groups is 1. The number of nitro groups is 1. The minimum atomic E-state index is -0.496. The molecule has 4 rings (SSSR count). The maximum atomic E-state index is 13.2. The van der Waals surface area contributed by atoms with Crippen molar-refractivity contribution in [2.75, 3.05) is 7.11 Å². The number of methoxy groups -OCH3 is 1. The second kappa shape index (κ2) is 11.1. The van der Waals surface area contributed by atoms with Gasteiger partial charge in [0.15, 0.2) is 16.7 Å². The second-order valence-electron chi connectivity index (χ2n) is 8.20. The minimum Gasteiger partial charge on any atom is -0.493 e. The first-order chi connectivity index (χ1) is 17.4. The van der Waals surface area contributed by atoms with E-state index >= 15 is 0 Å². The molecule has 1 fully saturated rings. The average molecular weight is 504 g/mol. The summed E-state index contributed by atoms with van der Waals surface area (Å²) in [7, 11) is 1.47. The fourth-order valence-corrected chi connectivity index (χ4v) is 4.73. The molecular weight excluding hydrogens is 478 g/mol. The highest BCUT2D eigenvalue weighted by Crippen LogP contribution is 2.40. The van der Waals surface area contributed by atoms with Crippen LogP contribution >= 0.6 is 11.8 Å². The number of amides is 1. The first-order valence-electron chi connectivity index (χ1n) is 11.3. The normalized spacial score (nSPS) is 15.7. The highest BCUT2D eigenvalue weighted by molar-refractivity contribution is 8.18. The number of aliphatic imine (C=N–C) groups is 1. The molecule has 0 radical (unpaired) electrons. The Kier molecular flexibility index (Phi) is 7.70. The van der Waals surface area contributed by atoms with Crippen LogP contribution in [0.5, 0.6) is 11.5 Å². The lowest BCUT2D eigenvalue weighted by Crippen LogP contribution is -2.35. The molecule has 0 spiro atoms. The second-order valence-corrected chi connectivity index (χ2v) is 9.21. The monoisotopic (exact) mass is 503 g/mol. The summed E-state index contributed by atoms with van der Waals surface area (Å²) in [6.45, 7) is 4.02. The lowest BCUT2D eigenvalue weighted by Gasteiger charge is -2.19. The molecule has 0 unspecified atom stereocenters. The molecule has 0 aliphatic carbocycles. The third kappa shape index (κ3) is 5.58. The molecular formula is C27H25N3O5S. The summed E-state index contributed by atoms with van der Waals surface area (Å²) in [6, 6.07) is 21.5. The van der Waals surface area contributed by atoms with Crippen molar-refractivity contribution in [2.24, 2.45) is 4.99 Å². The fraction of sp³-hybridized carbons (Fsp3) is 0.185. The Hall–Kier alpha value is -4.11. The predicted octanol–water partition coefficient (Wildman–Crippen LogP) is 6.19. The third-order valence-electron chi connectivity index (χ3n) is 5.37. The van der Waals surface area contributed by atoms with Crippen molar-refractivity contribution in [1.29, 1.82) is 0 Å². The van der Waals surface area contributed by atoms with E-state index in [-0.39, 0.29) is 35.6 Å². The van der Waals surface area contributed by atoms with Gasteiger partial charge < -0.3 is 9.47 Å². The van der Waals surface area contributed by atoms with Crippen LogP contribution in [0, 0.1) is 10.1 Å². The standard InChI is InChI=1S/C27H25N3O5S/c1-18(2)29-26(31)25(36-27(29)28-21-12-8-5-9-13-21)15-20-14-23(34-3)24(16-22(20)30(32)33)35-17-19-10-6-4-7-11-19/h4-16,18H,17H2,1-3H3/b25-15+,28-27?. The van der Waals surface area contributed by atoms with Gasteiger partial charge in [-0.3, -0.25) is 19.8 Å². The zero-order chi connectivity index (χ0) is 25.7. The number of nitro benzene ring substituents is 1. The molecule has 9 heteroatoms. The van der Waals surface area contributed by atoms with Gasteiger partial charge in [0.25, 0.3) is 11.6 Å². The average Bonchev–Trinajstić information content (AvgIpc) is 3.18. The number of hydrogen-bond donors (Lipinski definition) is 0. The molecule has 0 saturated carbocycles. The Labute approximate surface area is 213 Å². The molecule has 0 aromatic heterocycles. The Morgan fingerprint density at radius 3 is 2.33 bits per heavy atom. The third-order valence-corrected chi connectivity index (χ3v) is 6.35. The van der Waals surface area contributed by atoms with Crippen molar-refractivity contribution in [2.45, 2.75) is 26.5 Å². The summed E-state index contributed by atoms with van der Waals surface area (Å²) in [5.74, 6) is 0.316. The van der Waals surface area contributed by atoms with Crippen molar-refractivity contribution >= 4 is 40.3 Å². The molecule has 1 amide bonds. The Morgan fingerprint density at radius 2 is 1.72 bits per heavy atom. The number of rotatable bonds is 8. The van der Waals surface area contributed by atoms with Crippen LogP contribution in [0.4, 0.5) is 11.4 Å². The summed E-state index contributed by atoms with van der Waals surface area (Å²) in [5, 5.41) is 12.5. The van der Waals surface area contributed by atoms with E-state index in [1.807, 2.05) is 74.5 Å². The van der Waals surface area contributed by atoms with Gasteiger partial charge in [0, 0.05) is 6.04 Å². The van der Waals surface area contributed by atoms with Gasteiger partial charge in [-0.1, -0.05) is 48.5 Å². The summed E-state index contributed by atoms with van der Waals surface area (Å²) in [4.78, 5) is 31.2. The van der Waals surface area contributed by atoms with Gasteiger partial charge in [0.2, 0.25) is 0 Å². The molecule has 184 valence electrons. The van der Waals surface area contributed by atoms with Crippen LogP contribution in [0.3, 0.4) is 0 Å². The largest absolute Gasteiger partial charge is 0.493 e. The number of amidine groups is 1. The molecule has 1 aliphatic rings. The lowest BCUT2D eigenvalue weighted by molar-refractivity contribution is -0.385. The zero-order valence-corrected chi connectivity index (χ0v) is 20.9. The van der Waals surface area contributed by atoms with Gasteiger partial charge >= 0.3 is 0 Å². The number of para-hydroxylation sites is 1. The Balaban J connectivity index is 1.70. The Morgan fingerprint density at radius 1 is 1.06 bits per heavy atom. The van der Waals surface area contributed by atoms with E-state index in [1.54, 1.807) is 4.90 Å². The van der Waals surface area contributed by atoms with Gasteiger partial charge in [-0.2, -0.15) is 0 Å². The van der Waals surface area contributed by atoms with Crippen molar-refractivity contribution in [3.63, 3.8) is 0 Å². The first kappa shape index (κ1) is 25.0. The van der Waals surface area contributed by atoms with E-state index in [2.05, 4.69) is 4.99 Å². The van der Waals surface area contributed by atoms with E-state index in [1.165, 1.54) is 37.1 Å². The number of hydrogen-bond acceptors (Lipinski definition) is 7. The van der Waals surface area contributed by atoms with E-state index in [4.69, 9.17) is 9.47 Å². The molecule has 1 aliphatic heterocycles. The minimum absolute atomic E-state index is 0.142. The van der Waals surface area contributed by atoms with Crippen molar-refractivity contribution in [3.05, 3.63) is 98.9 Å². The van der Waals surface area contributed by atoms with E-state index in [0.29, 0.717) is 21.5 Å². The van der Waals surface area contributed by atoms with Crippen LogP contribution in [-0.4, -0.2) is 34.0 Å². The quantitative estimate of drug-likeness (QED) is 0.207. The van der Waals surface area contributed by atoms with Crippen molar-refractivity contribution in [1.82, 2.24) is 4.90 Å². The molecule has 3 aromatic rings. The van der Waals surface area contributed by atoms with Crippen LogP contribution in [0.15, 0.2) is 82.7 Å². The van der Waals surface area contributed by atoms with E-state index < -0.39 is 4.92 Å². The van der Waals surface area contributed by atoms with Gasteiger partial charge in [-0.15, -0.1) is 0 Å². The van der Waals surface area contributed by atoms with Crippen LogP contribution in [0.1, 0.15) is 25.0 Å². The van der Waals surface area contributed by atoms with Gasteiger partial charge in [0.05, 0.1) is 34.3 Å². The van der Waals surface area contributed by atoms with Gasteiger partial charge in [-0.25, -0.2) is 4.99 Å². The maximum Gasteiger partial charge on any atom is 0.280 e. The fourth-order valence-electron chi connectivity index (χ4n) is 3.62. The Bertz CT molecular complexity index is 1320. The predicted molar refractivity (Wildman–Crippen MR) is 142 cm³/mol. The number of thioether (sulfide) groups is 1. The molecule has 0 N–H and O–H groups in total. The van der Waals surface area contributed by atoms with Crippen molar-refractivity contribution < 1.29 is 19.2 Å². The highest BCUT2D eigenvalue weighted by Gasteiger charge is 2.36. The molecule has 8 nitrogen and oxygen atoms in total. The molecule has 0 bridgehead atoms. The van der Waals surface area contributed by atoms with Crippen LogP contribution in [0.2, 0.25) is 0 Å². The van der Waals surface area contributed by atoms with E-state index in [9.17, 15) is 14.9 Å². The summed E-state index contributed by atoms with van der Waals surface area (Å²) in [6.07, 6.45) is 1.51. The number of carbonyl (C=O) groups excluding carboxylic acids is 1. The van der Waals surface area contributed by atoms with Gasteiger partial charge in [-0.05, 0) is 55.4 Å². The van der Waals surface area contributed by atoms with Crippen LogP contribution in [-0.2, 0) is 11.4 Å². The molecule has 0 atom stereocenters. The van der Waals surface area contributed by atoms with Crippen molar-refractivity contribution in [3.8, 4) is 11.5 Å². The highest BCUT2D eigenvalue weighted by atomic mass is 32.2. The molecule has 3 aromatic carbocycles. The maximum absolute atomic E-state index is 13.2. The summed E-state index contributed by atoms with van der Waals surface area (Å²) in [5.41, 5.74) is 1.68. The van der Waals surface area contributed by atoms with Gasteiger partial charge in [0.1, 0.15) is 6.61 Å². The molecule has 1 heterocycles. The smallest absolute Gasteiger partial charge is 0.280 e. The number of benzene rings is 3. The number of ether oxygens (including phenoxy) is 2.